The van der Waals surface area contributed by atoms with E-state index >= 15 is 0 Å². The number of aliphatic hydroxyl groups is 2. The van der Waals surface area contributed by atoms with Crippen LogP contribution < -0.4 is 0 Å². The Labute approximate surface area is 135 Å². The van der Waals surface area contributed by atoms with E-state index in [1.165, 1.54) is 12.8 Å². The summed E-state index contributed by atoms with van der Waals surface area (Å²) in [6.07, 6.45) is 8.97. The lowest BCUT2D eigenvalue weighted by molar-refractivity contribution is -0.910. The van der Waals surface area contributed by atoms with Crippen molar-refractivity contribution in [3.63, 3.8) is 0 Å². The zero-order valence-electron chi connectivity index (χ0n) is 14.1. The van der Waals surface area contributed by atoms with Gasteiger partial charge < -0.3 is 19.4 Å². The summed E-state index contributed by atoms with van der Waals surface area (Å²) in [5, 5.41) is 18.1. The Morgan fingerprint density at radius 1 is 1.05 bits per heavy atom. The molecular formula is C17H34NO4+. The first-order chi connectivity index (χ1) is 10.6. The first-order valence-electron chi connectivity index (χ1n) is 8.40. The average molecular weight is 316 g/mol. The number of likely N-dealkylation sites (N-methyl/N-ethyl adjacent to an activating group) is 1. The molecule has 0 atom stereocenters. The van der Waals surface area contributed by atoms with E-state index in [9.17, 15) is 4.79 Å². The first-order valence-corrected chi connectivity index (χ1v) is 8.40. The molecule has 0 aromatic heterocycles. The molecule has 0 aromatic carbocycles. The molecule has 0 amide bonds. The van der Waals surface area contributed by atoms with E-state index in [1.807, 2.05) is 13.1 Å². The molecule has 5 nitrogen and oxygen atoms in total. The highest BCUT2D eigenvalue weighted by molar-refractivity contribution is 5.69. The maximum absolute atomic E-state index is 11.6. The molecule has 130 valence electrons. The van der Waals surface area contributed by atoms with Gasteiger partial charge in [-0.05, 0) is 19.3 Å². The number of hydrogen-bond acceptors (Lipinski definition) is 4. The van der Waals surface area contributed by atoms with Crippen LogP contribution in [0.2, 0.25) is 0 Å². The molecule has 0 spiro atoms. The largest absolute Gasteiger partial charge is 0.460 e. The highest BCUT2D eigenvalue weighted by atomic mass is 16.5. The summed E-state index contributed by atoms with van der Waals surface area (Å²) in [5.41, 5.74) is 0. The van der Waals surface area contributed by atoms with E-state index in [4.69, 9.17) is 14.9 Å². The number of aliphatic hydroxyl groups excluding tert-OH is 2. The SMILES string of the molecule is C=CCCCCCCCC(=O)OCC[N+](C)(CCO)CCO. The number of unbranched alkanes of at least 4 members (excludes halogenated alkanes) is 5. The average Bonchev–Trinajstić information content (AvgIpc) is 2.46. The van der Waals surface area contributed by atoms with E-state index in [-0.39, 0.29) is 19.2 Å². The fourth-order valence-electron chi connectivity index (χ4n) is 2.36. The number of carbonyl (C=O) groups is 1. The molecule has 0 aromatic rings. The molecule has 2 N–H and O–H groups in total. The molecule has 0 fully saturated rings. The maximum atomic E-state index is 11.6. The topological polar surface area (TPSA) is 66.8 Å². The third-order valence-electron chi connectivity index (χ3n) is 3.96. The number of carbonyl (C=O) groups excluding carboxylic acids is 1. The van der Waals surface area contributed by atoms with Crippen molar-refractivity contribution in [1.82, 2.24) is 0 Å². The Morgan fingerprint density at radius 2 is 1.64 bits per heavy atom. The lowest BCUT2D eigenvalue weighted by Gasteiger charge is -2.33. The molecule has 0 aliphatic rings. The van der Waals surface area contributed by atoms with Crippen LogP contribution in [0.5, 0.6) is 0 Å². The highest BCUT2D eigenvalue weighted by Gasteiger charge is 2.20. The first kappa shape index (κ1) is 21.1. The van der Waals surface area contributed by atoms with Crippen LogP contribution in [0.15, 0.2) is 12.7 Å². The van der Waals surface area contributed by atoms with Gasteiger partial charge in [0.25, 0.3) is 0 Å². The predicted molar refractivity (Wildman–Crippen MR) is 88.4 cm³/mol. The number of quaternary nitrogens is 1. The normalized spacial score (nSPS) is 11.4. The Balaban J connectivity index is 3.65. The summed E-state index contributed by atoms with van der Waals surface area (Å²) in [6.45, 7) is 5.91. The number of allylic oxidation sites excluding steroid dienone is 1. The molecule has 0 unspecified atom stereocenters. The summed E-state index contributed by atoms with van der Waals surface area (Å²) in [5.74, 6) is -0.148. The summed E-state index contributed by atoms with van der Waals surface area (Å²) >= 11 is 0. The van der Waals surface area contributed by atoms with E-state index in [1.54, 1.807) is 0 Å². The van der Waals surface area contributed by atoms with Crippen molar-refractivity contribution in [1.29, 1.82) is 0 Å². The predicted octanol–water partition coefficient (Wildman–Crippen LogP) is 1.88. The fourth-order valence-corrected chi connectivity index (χ4v) is 2.36. The van der Waals surface area contributed by atoms with Crippen LogP contribution in [0.4, 0.5) is 0 Å². The van der Waals surface area contributed by atoms with Crippen molar-refractivity contribution in [2.45, 2.75) is 44.9 Å². The van der Waals surface area contributed by atoms with Crippen LogP contribution in [0, 0.1) is 0 Å². The van der Waals surface area contributed by atoms with Crippen molar-refractivity contribution in [2.24, 2.45) is 0 Å². The van der Waals surface area contributed by atoms with E-state index < -0.39 is 0 Å². The van der Waals surface area contributed by atoms with Crippen LogP contribution in [-0.2, 0) is 9.53 Å². The highest BCUT2D eigenvalue weighted by Crippen LogP contribution is 2.08. The fraction of sp³-hybridized carbons (Fsp3) is 0.824. The van der Waals surface area contributed by atoms with Gasteiger partial charge in [-0.2, -0.15) is 0 Å². The standard InChI is InChI=1S/C17H34NO4/c1-3-4-5-6-7-8-9-10-17(21)22-16-13-18(2,11-14-19)12-15-20/h3,19-20H,1,4-16H2,2H3/q+1. The van der Waals surface area contributed by atoms with Crippen molar-refractivity contribution in [2.75, 3.05) is 46.5 Å². The molecule has 0 heterocycles. The molecule has 0 saturated carbocycles. The lowest BCUT2D eigenvalue weighted by atomic mass is 10.1. The Kier molecular flexibility index (Phi) is 13.2. The van der Waals surface area contributed by atoms with Gasteiger partial charge >= 0.3 is 5.97 Å². The summed E-state index contributed by atoms with van der Waals surface area (Å²) in [7, 11) is 1.95. The molecular weight excluding hydrogens is 282 g/mol. The minimum atomic E-state index is -0.148. The van der Waals surface area contributed by atoms with Gasteiger partial charge in [0, 0.05) is 6.42 Å². The van der Waals surface area contributed by atoms with Gasteiger partial charge in [0.15, 0.2) is 0 Å². The summed E-state index contributed by atoms with van der Waals surface area (Å²) in [4.78, 5) is 11.6. The zero-order valence-corrected chi connectivity index (χ0v) is 14.1. The van der Waals surface area contributed by atoms with Gasteiger partial charge in [0.1, 0.15) is 26.2 Å². The maximum Gasteiger partial charge on any atom is 0.305 e. The van der Waals surface area contributed by atoms with Gasteiger partial charge in [0.05, 0.1) is 20.3 Å². The van der Waals surface area contributed by atoms with Gasteiger partial charge in [-0.25, -0.2) is 0 Å². The molecule has 22 heavy (non-hydrogen) atoms. The second kappa shape index (κ2) is 13.7. The lowest BCUT2D eigenvalue weighted by Crippen LogP contribution is -2.50. The van der Waals surface area contributed by atoms with Gasteiger partial charge in [-0.3, -0.25) is 4.79 Å². The number of hydrogen-bond donors (Lipinski definition) is 2. The minimum Gasteiger partial charge on any atom is -0.460 e. The molecule has 0 aliphatic carbocycles. The van der Waals surface area contributed by atoms with Crippen LogP contribution >= 0.6 is 0 Å². The molecule has 0 aliphatic heterocycles. The Morgan fingerprint density at radius 3 is 2.23 bits per heavy atom. The summed E-state index contributed by atoms with van der Waals surface area (Å²) < 4.78 is 5.76. The van der Waals surface area contributed by atoms with Crippen molar-refractivity contribution in [3.05, 3.63) is 12.7 Å². The van der Waals surface area contributed by atoms with Crippen LogP contribution in [-0.4, -0.2) is 67.2 Å². The van der Waals surface area contributed by atoms with Crippen molar-refractivity contribution >= 4 is 5.97 Å². The minimum absolute atomic E-state index is 0.0658. The zero-order chi connectivity index (χ0) is 16.7. The third-order valence-corrected chi connectivity index (χ3v) is 3.96. The van der Waals surface area contributed by atoms with E-state index in [0.717, 1.165) is 25.7 Å². The summed E-state index contributed by atoms with van der Waals surface area (Å²) in [6, 6.07) is 0. The van der Waals surface area contributed by atoms with Gasteiger partial charge in [-0.1, -0.05) is 25.3 Å². The Hall–Kier alpha value is -0.910. The second-order valence-electron chi connectivity index (χ2n) is 6.05. The third kappa shape index (κ3) is 11.7. The second-order valence-corrected chi connectivity index (χ2v) is 6.05. The van der Waals surface area contributed by atoms with Gasteiger partial charge in [-0.15, -0.1) is 6.58 Å². The van der Waals surface area contributed by atoms with Crippen molar-refractivity contribution in [3.8, 4) is 0 Å². The van der Waals surface area contributed by atoms with Crippen LogP contribution in [0.25, 0.3) is 0 Å². The quantitative estimate of drug-likeness (QED) is 0.209. The van der Waals surface area contributed by atoms with E-state index in [2.05, 4.69) is 6.58 Å². The van der Waals surface area contributed by atoms with Crippen LogP contribution in [0.1, 0.15) is 44.9 Å². The van der Waals surface area contributed by atoms with Crippen LogP contribution in [0.3, 0.4) is 0 Å². The van der Waals surface area contributed by atoms with E-state index in [0.29, 0.717) is 37.1 Å². The Bertz CT molecular complexity index is 288. The monoisotopic (exact) mass is 316 g/mol. The number of ether oxygens (including phenoxy) is 1. The molecule has 0 radical (unpaired) electrons. The molecule has 5 heteroatoms. The number of rotatable bonds is 15. The number of nitrogens with zero attached hydrogens (tertiary/aromatic N) is 1. The number of esters is 1. The van der Waals surface area contributed by atoms with Gasteiger partial charge in [0.2, 0.25) is 0 Å². The molecule has 0 bridgehead atoms. The van der Waals surface area contributed by atoms with Crippen molar-refractivity contribution < 1.29 is 24.2 Å². The molecule has 0 rings (SSSR count). The smallest absolute Gasteiger partial charge is 0.305 e. The molecule has 0 saturated heterocycles.